The quantitative estimate of drug-likeness (QED) is 0.867. The van der Waals surface area contributed by atoms with E-state index in [0.29, 0.717) is 30.5 Å². The number of phenolic OH excluding ortho intramolecular Hbond substituents is 1. The Morgan fingerprint density at radius 1 is 0.741 bits per heavy atom. The summed E-state index contributed by atoms with van der Waals surface area (Å²) in [6, 6.07) is 11.3. The molecule has 0 saturated carbocycles. The second-order valence-corrected chi connectivity index (χ2v) is 6.88. The van der Waals surface area contributed by atoms with Crippen LogP contribution >= 0.6 is 0 Å². The fraction of sp³-hybridized carbons (Fsp3) is 0.429. The van der Waals surface area contributed by atoms with Gasteiger partial charge in [-0.25, -0.2) is 0 Å². The molecule has 0 unspecified atom stereocenters. The molecule has 4 atom stereocenters. The fourth-order valence-electron chi connectivity index (χ4n) is 4.15. The van der Waals surface area contributed by atoms with Crippen molar-refractivity contribution in [3.05, 3.63) is 47.5 Å². The van der Waals surface area contributed by atoms with E-state index in [0.717, 1.165) is 11.1 Å². The van der Waals surface area contributed by atoms with Crippen LogP contribution in [-0.2, 0) is 9.47 Å². The topological polar surface area (TPSA) is 66.4 Å². The van der Waals surface area contributed by atoms with Crippen molar-refractivity contribution in [2.24, 2.45) is 11.8 Å². The molecule has 2 saturated heterocycles. The molecular formula is C21H24O6. The Morgan fingerprint density at radius 3 is 1.78 bits per heavy atom. The van der Waals surface area contributed by atoms with Gasteiger partial charge in [0.05, 0.1) is 46.8 Å². The van der Waals surface area contributed by atoms with Crippen molar-refractivity contribution in [2.45, 2.75) is 12.2 Å². The summed E-state index contributed by atoms with van der Waals surface area (Å²) < 4.78 is 28.1. The van der Waals surface area contributed by atoms with Gasteiger partial charge in [0, 0.05) is 11.8 Å². The van der Waals surface area contributed by atoms with Gasteiger partial charge in [0.25, 0.3) is 0 Å². The van der Waals surface area contributed by atoms with Crippen LogP contribution in [0.1, 0.15) is 23.3 Å². The van der Waals surface area contributed by atoms with Gasteiger partial charge in [-0.2, -0.15) is 0 Å². The molecule has 4 rings (SSSR count). The lowest BCUT2D eigenvalue weighted by molar-refractivity contribution is 0.0191. The van der Waals surface area contributed by atoms with Crippen molar-refractivity contribution in [2.75, 3.05) is 34.5 Å². The van der Waals surface area contributed by atoms with Crippen molar-refractivity contribution in [3.63, 3.8) is 0 Å². The number of phenols is 1. The Kier molecular flexibility index (Phi) is 4.85. The number of ether oxygens (including phenoxy) is 5. The molecule has 1 N–H and O–H groups in total. The average Bonchev–Trinajstić information content (AvgIpc) is 3.29. The van der Waals surface area contributed by atoms with Crippen LogP contribution < -0.4 is 14.2 Å². The number of methoxy groups -OCH3 is 3. The molecule has 2 aromatic rings. The number of aromatic hydroxyl groups is 1. The molecule has 6 heteroatoms. The van der Waals surface area contributed by atoms with Crippen LogP contribution in [0.25, 0.3) is 0 Å². The summed E-state index contributed by atoms with van der Waals surface area (Å²) in [6.07, 6.45) is -0.149. The first-order valence-electron chi connectivity index (χ1n) is 8.98. The maximum Gasteiger partial charge on any atom is 0.161 e. The van der Waals surface area contributed by atoms with Gasteiger partial charge in [-0.3, -0.25) is 0 Å². The molecule has 144 valence electrons. The van der Waals surface area contributed by atoms with E-state index in [1.54, 1.807) is 26.4 Å². The first-order chi connectivity index (χ1) is 13.2. The summed E-state index contributed by atoms with van der Waals surface area (Å²) in [4.78, 5) is 0. The highest BCUT2D eigenvalue weighted by Gasteiger charge is 2.48. The lowest BCUT2D eigenvalue weighted by Crippen LogP contribution is -2.14. The molecule has 2 heterocycles. The third-order valence-corrected chi connectivity index (χ3v) is 5.53. The highest BCUT2D eigenvalue weighted by molar-refractivity contribution is 5.45. The number of hydrogen-bond donors (Lipinski definition) is 1. The summed E-state index contributed by atoms with van der Waals surface area (Å²) in [5.41, 5.74) is 2.00. The van der Waals surface area contributed by atoms with Crippen LogP contribution in [0.15, 0.2) is 36.4 Å². The van der Waals surface area contributed by atoms with Gasteiger partial charge in [0.1, 0.15) is 0 Å². The minimum Gasteiger partial charge on any atom is -0.504 e. The molecule has 6 nitrogen and oxygen atoms in total. The van der Waals surface area contributed by atoms with Crippen LogP contribution in [0.3, 0.4) is 0 Å². The SMILES string of the molecule is COc1ccc([C@H]2OC[C@H]3[C@@H]2CO[C@H]3c2ccc(OC)c(OC)c2)cc1O. The van der Waals surface area contributed by atoms with Gasteiger partial charge < -0.3 is 28.8 Å². The summed E-state index contributed by atoms with van der Waals surface area (Å²) in [6.45, 7) is 1.22. The van der Waals surface area contributed by atoms with Crippen LogP contribution in [0.2, 0.25) is 0 Å². The van der Waals surface area contributed by atoms with Gasteiger partial charge in [-0.1, -0.05) is 12.1 Å². The zero-order chi connectivity index (χ0) is 19.0. The summed E-state index contributed by atoms with van der Waals surface area (Å²) in [5, 5.41) is 10.1. The largest absolute Gasteiger partial charge is 0.504 e. The minimum atomic E-state index is -0.100. The Morgan fingerprint density at radius 2 is 1.26 bits per heavy atom. The van der Waals surface area contributed by atoms with Crippen LogP contribution in [0.4, 0.5) is 0 Å². The molecular weight excluding hydrogens is 348 g/mol. The Bertz CT molecular complexity index is 820. The first kappa shape index (κ1) is 17.9. The zero-order valence-corrected chi connectivity index (χ0v) is 15.7. The maximum absolute atomic E-state index is 10.1. The fourth-order valence-corrected chi connectivity index (χ4v) is 4.15. The number of rotatable bonds is 5. The van der Waals surface area contributed by atoms with Gasteiger partial charge in [-0.05, 0) is 35.4 Å². The van der Waals surface area contributed by atoms with E-state index in [1.807, 2.05) is 24.3 Å². The molecule has 2 aliphatic rings. The molecule has 0 aromatic heterocycles. The van der Waals surface area contributed by atoms with Crippen LogP contribution in [-0.4, -0.2) is 39.6 Å². The van der Waals surface area contributed by atoms with Crippen molar-refractivity contribution in [1.29, 1.82) is 0 Å². The third-order valence-electron chi connectivity index (χ3n) is 5.53. The smallest absolute Gasteiger partial charge is 0.161 e. The van der Waals surface area contributed by atoms with E-state index >= 15 is 0 Å². The number of benzene rings is 2. The maximum atomic E-state index is 10.1. The zero-order valence-electron chi connectivity index (χ0n) is 15.7. The van der Waals surface area contributed by atoms with Crippen molar-refractivity contribution in [1.82, 2.24) is 0 Å². The standard InChI is InChI=1S/C21H24O6/c1-23-17-6-4-12(8-16(17)22)20-14-10-27-21(15(14)11-26-20)13-5-7-18(24-2)19(9-13)25-3/h4-9,14-15,20-22H,10-11H2,1-3H3/t14-,15-,20+,21-/m0/s1. The van der Waals surface area contributed by atoms with Crippen molar-refractivity contribution in [3.8, 4) is 23.0 Å². The summed E-state index contributed by atoms with van der Waals surface area (Å²) in [7, 11) is 4.79. The van der Waals surface area contributed by atoms with E-state index < -0.39 is 0 Å². The lowest BCUT2D eigenvalue weighted by Gasteiger charge is -2.18. The molecule has 2 aliphatic heterocycles. The lowest BCUT2D eigenvalue weighted by atomic mass is 9.85. The first-order valence-corrected chi connectivity index (χ1v) is 8.98. The minimum absolute atomic E-state index is 0.0494. The molecule has 0 bridgehead atoms. The molecule has 2 aromatic carbocycles. The molecule has 0 radical (unpaired) electrons. The third kappa shape index (κ3) is 3.09. The monoisotopic (exact) mass is 372 g/mol. The van der Waals surface area contributed by atoms with Gasteiger partial charge in [0.2, 0.25) is 0 Å². The van der Waals surface area contributed by atoms with Crippen LogP contribution in [0, 0.1) is 11.8 Å². The molecule has 0 spiro atoms. The number of fused-ring (bicyclic) bond motifs is 1. The number of hydrogen-bond acceptors (Lipinski definition) is 6. The van der Waals surface area contributed by atoms with Gasteiger partial charge in [0.15, 0.2) is 23.0 Å². The second-order valence-electron chi connectivity index (χ2n) is 6.88. The van der Waals surface area contributed by atoms with E-state index in [2.05, 4.69) is 0 Å². The highest BCUT2D eigenvalue weighted by atomic mass is 16.5. The Balaban J connectivity index is 1.56. The Labute approximate surface area is 158 Å². The predicted octanol–water partition coefficient (Wildman–Crippen LogP) is 3.49. The van der Waals surface area contributed by atoms with E-state index in [4.69, 9.17) is 23.7 Å². The van der Waals surface area contributed by atoms with E-state index in [1.165, 1.54) is 7.11 Å². The van der Waals surface area contributed by atoms with Gasteiger partial charge in [-0.15, -0.1) is 0 Å². The van der Waals surface area contributed by atoms with E-state index in [9.17, 15) is 5.11 Å². The molecule has 2 fully saturated rings. The normalized spacial score (nSPS) is 26.6. The van der Waals surface area contributed by atoms with E-state index in [-0.39, 0.29) is 29.8 Å². The van der Waals surface area contributed by atoms with Crippen LogP contribution in [0.5, 0.6) is 23.0 Å². The second kappa shape index (κ2) is 7.29. The Hall–Kier alpha value is -2.44. The molecule has 0 amide bonds. The van der Waals surface area contributed by atoms with Crippen molar-refractivity contribution < 1.29 is 28.8 Å². The van der Waals surface area contributed by atoms with Gasteiger partial charge >= 0.3 is 0 Å². The predicted molar refractivity (Wildman–Crippen MR) is 98.6 cm³/mol. The average molecular weight is 372 g/mol. The molecule has 27 heavy (non-hydrogen) atoms. The summed E-state index contributed by atoms with van der Waals surface area (Å²) >= 11 is 0. The molecule has 0 aliphatic carbocycles. The summed E-state index contributed by atoms with van der Waals surface area (Å²) in [5.74, 6) is 2.45. The van der Waals surface area contributed by atoms with Crippen molar-refractivity contribution >= 4 is 0 Å². The highest BCUT2D eigenvalue weighted by Crippen LogP contribution is 2.51.